The Labute approximate surface area is 64.0 Å². The minimum atomic E-state index is 0.667. The van der Waals surface area contributed by atoms with E-state index in [1.165, 1.54) is 44.9 Å². The van der Waals surface area contributed by atoms with Gasteiger partial charge in [0.05, 0.1) is 0 Å². The Balaban J connectivity index is 2.16. The molecular formula is C9H18N. The monoisotopic (exact) mass is 140 g/mol. The topological polar surface area (TPSA) is 23.8 Å². The maximum atomic E-state index is 7.27. The second kappa shape index (κ2) is 4.73. The van der Waals surface area contributed by atoms with Gasteiger partial charge in [-0.2, -0.15) is 0 Å². The highest BCUT2D eigenvalue weighted by Crippen LogP contribution is 2.21. The number of rotatable bonds is 1. The van der Waals surface area contributed by atoms with Crippen molar-refractivity contribution in [3.8, 4) is 0 Å². The predicted molar refractivity (Wildman–Crippen MR) is 43.8 cm³/mol. The van der Waals surface area contributed by atoms with Crippen molar-refractivity contribution in [3.05, 3.63) is 0 Å². The van der Waals surface area contributed by atoms with Gasteiger partial charge in [0.2, 0.25) is 0 Å². The summed E-state index contributed by atoms with van der Waals surface area (Å²) in [6.45, 7) is 0.667. The van der Waals surface area contributed by atoms with E-state index in [0.29, 0.717) is 6.54 Å². The minimum Gasteiger partial charge on any atom is -0.258 e. The third-order valence-corrected chi connectivity index (χ3v) is 2.51. The number of hydrogen-bond acceptors (Lipinski definition) is 0. The molecule has 1 heteroatoms. The summed E-state index contributed by atoms with van der Waals surface area (Å²) in [5, 5.41) is 0. The molecule has 1 fully saturated rings. The highest BCUT2D eigenvalue weighted by atomic mass is 14.5. The molecule has 1 nitrogen and oxygen atoms in total. The summed E-state index contributed by atoms with van der Waals surface area (Å²) in [5.41, 5.74) is 7.27. The Morgan fingerprint density at radius 1 is 0.900 bits per heavy atom. The van der Waals surface area contributed by atoms with Gasteiger partial charge >= 0.3 is 0 Å². The first kappa shape index (κ1) is 8.06. The van der Waals surface area contributed by atoms with Gasteiger partial charge in [-0.1, -0.05) is 32.1 Å². The van der Waals surface area contributed by atoms with E-state index < -0.39 is 0 Å². The highest BCUT2D eigenvalue weighted by Gasteiger charge is 2.08. The summed E-state index contributed by atoms with van der Waals surface area (Å²) in [4.78, 5) is 0. The van der Waals surface area contributed by atoms with Gasteiger partial charge in [0.15, 0.2) is 0 Å². The first-order chi connectivity index (χ1) is 4.93. The summed E-state index contributed by atoms with van der Waals surface area (Å²) in [6.07, 6.45) is 9.66. The molecule has 0 aromatic carbocycles. The zero-order valence-corrected chi connectivity index (χ0v) is 6.73. The molecule has 0 aromatic heterocycles. The molecule has 0 saturated heterocycles. The Bertz CT molecular complexity index is 72.8. The molecule has 1 aliphatic carbocycles. The van der Waals surface area contributed by atoms with Crippen molar-refractivity contribution in [1.29, 1.82) is 0 Å². The van der Waals surface area contributed by atoms with E-state index in [9.17, 15) is 0 Å². The van der Waals surface area contributed by atoms with Crippen molar-refractivity contribution in [2.45, 2.75) is 44.9 Å². The summed E-state index contributed by atoms with van der Waals surface area (Å²) in [7, 11) is 0. The first-order valence-electron chi connectivity index (χ1n) is 4.58. The quantitative estimate of drug-likeness (QED) is 0.534. The average Bonchev–Trinajstić information content (AvgIpc) is 1.87. The lowest BCUT2D eigenvalue weighted by Gasteiger charge is -2.16. The van der Waals surface area contributed by atoms with E-state index in [1.807, 2.05) is 0 Å². The summed E-state index contributed by atoms with van der Waals surface area (Å²) < 4.78 is 0. The molecule has 1 N–H and O–H groups in total. The zero-order valence-electron chi connectivity index (χ0n) is 6.73. The van der Waals surface area contributed by atoms with Crippen LogP contribution in [0, 0.1) is 5.92 Å². The van der Waals surface area contributed by atoms with Gasteiger partial charge in [-0.05, 0) is 18.8 Å². The van der Waals surface area contributed by atoms with Crippen molar-refractivity contribution in [1.82, 2.24) is 5.73 Å². The molecule has 1 radical (unpaired) electrons. The van der Waals surface area contributed by atoms with Gasteiger partial charge in [0.25, 0.3) is 0 Å². The van der Waals surface area contributed by atoms with Crippen LogP contribution in [0.25, 0.3) is 0 Å². The predicted octanol–water partition coefficient (Wildman–Crippen LogP) is 2.63. The largest absolute Gasteiger partial charge is 0.258 e. The maximum Gasteiger partial charge on any atom is 0.0128 e. The van der Waals surface area contributed by atoms with Crippen molar-refractivity contribution < 1.29 is 0 Å². The Kier molecular flexibility index (Phi) is 3.81. The lowest BCUT2D eigenvalue weighted by atomic mass is 9.91. The van der Waals surface area contributed by atoms with E-state index in [0.717, 1.165) is 5.92 Å². The van der Waals surface area contributed by atoms with Gasteiger partial charge in [0.1, 0.15) is 0 Å². The third kappa shape index (κ3) is 2.70. The highest BCUT2D eigenvalue weighted by molar-refractivity contribution is 4.63. The fourth-order valence-electron chi connectivity index (χ4n) is 1.74. The van der Waals surface area contributed by atoms with Crippen LogP contribution in [-0.2, 0) is 0 Å². The van der Waals surface area contributed by atoms with Crippen LogP contribution in [0.5, 0.6) is 0 Å². The molecular weight excluding hydrogens is 122 g/mol. The maximum absolute atomic E-state index is 7.27. The van der Waals surface area contributed by atoms with Gasteiger partial charge < -0.3 is 0 Å². The molecule has 0 aliphatic heterocycles. The standard InChI is InChI=1S/C9H18N/c10-8-9-6-4-2-1-3-5-7-9/h9-10H,1-8H2. The van der Waals surface area contributed by atoms with E-state index in [4.69, 9.17) is 5.73 Å². The molecule has 0 amide bonds. The number of nitrogens with one attached hydrogen (secondary N) is 1. The van der Waals surface area contributed by atoms with Crippen LogP contribution < -0.4 is 5.73 Å². The van der Waals surface area contributed by atoms with Crippen molar-refractivity contribution in [2.24, 2.45) is 5.92 Å². The lowest BCUT2D eigenvalue weighted by Crippen LogP contribution is -2.08. The minimum absolute atomic E-state index is 0.667. The summed E-state index contributed by atoms with van der Waals surface area (Å²) in [5.74, 6) is 0.736. The Morgan fingerprint density at radius 2 is 1.40 bits per heavy atom. The van der Waals surface area contributed by atoms with Crippen LogP contribution in [0.15, 0.2) is 0 Å². The number of hydrogen-bond donors (Lipinski definition) is 0. The van der Waals surface area contributed by atoms with Crippen LogP contribution in [0.3, 0.4) is 0 Å². The molecule has 1 rings (SSSR count). The molecule has 0 aromatic rings. The first-order valence-corrected chi connectivity index (χ1v) is 4.58. The SMILES string of the molecule is [NH]CC1CCCCCCC1. The van der Waals surface area contributed by atoms with Crippen LogP contribution in [-0.4, -0.2) is 6.54 Å². The van der Waals surface area contributed by atoms with Gasteiger partial charge in [-0.3, -0.25) is 5.73 Å². The zero-order chi connectivity index (χ0) is 7.23. The fraction of sp³-hybridized carbons (Fsp3) is 1.00. The third-order valence-electron chi connectivity index (χ3n) is 2.51. The molecule has 1 aliphatic rings. The summed E-state index contributed by atoms with van der Waals surface area (Å²) in [6, 6.07) is 0. The summed E-state index contributed by atoms with van der Waals surface area (Å²) >= 11 is 0. The van der Waals surface area contributed by atoms with Gasteiger partial charge in [0, 0.05) is 6.54 Å². The van der Waals surface area contributed by atoms with E-state index in [-0.39, 0.29) is 0 Å². The lowest BCUT2D eigenvalue weighted by molar-refractivity contribution is 0.382. The van der Waals surface area contributed by atoms with Gasteiger partial charge in [-0.25, -0.2) is 0 Å². The molecule has 0 heterocycles. The van der Waals surface area contributed by atoms with Crippen molar-refractivity contribution in [2.75, 3.05) is 6.54 Å². The molecule has 0 unspecified atom stereocenters. The van der Waals surface area contributed by atoms with Crippen LogP contribution >= 0.6 is 0 Å². The van der Waals surface area contributed by atoms with Crippen molar-refractivity contribution in [3.63, 3.8) is 0 Å². The van der Waals surface area contributed by atoms with Crippen molar-refractivity contribution >= 4 is 0 Å². The van der Waals surface area contributed by atoms with Gasteiger partial charge in [-0.15, -0.1) is 0 Å². The molecule has 59 valence electrons. The fourth-order valence-corrected chi connectivity index (χ4v) is 1.74. The molecule has 0 spiro atoms. The van der Waals surface area contributed by atoms with E-state index >= 15 is 0 Å². The Morgan fingerprint density at radius 3 is 1.90 bits per heavy atom. The Hall–Kier alpha value is -0.0400. The normalized spacial score (nSPS) is 23.7. The van der Waals surface area contributed by atoms with Crippen LogP contribution in [0.1, 0.15) is 44.9 Å². The van der Waals surface area contributed by atoms with Crippen LogP contribution in [0.2, 0.25) is 0 Å². The van der Waals surface area contributed by atoms with E-state index in [2.05, 4.69) is 0 Å². The molecule has 10 heavy (non-hydrogen) atoms. The second-order valence-corrected chi connectivity index (χ2v) is 3.42. The van der Waals surface area contributed by atoms with Crippen LogP contribution in [0.4, 0.5) is 0 Å². The average molecular weight is 140 g/mol. The smallest absolute Gasteiger partial charge is 0.0128 e. The molecule has 0 atom stereocenters. The second-order valence-electron chi connectivity index (χ2n) is 3.42. The van der Waals surface area contributed by atoms with E-state index in [1.54, 1.807) is 0 Å². The molecule has 0 bridgehead atoms. The molecule has 1 saturated carbocycles.